The Morgan fingerprint density at radius 1 is 1.18 bits per heavy atom. The second-order valence-corrected chi connectivity index (χ2v) is 9.37. The van der Waals surface area contributed by atoms with Gasteiger partial charge in [0, 0.05) is 11.6 Å². The molecule has 1 saturated carbocycles. The fraction of sp³-hybridized carbons (Fsp3) is 0.370. The van der Waals surface area contributed by atoms with Crippen molar-refractivity contribution in [3.05, 3.63) is 77.7 Å². The van der Waals surface area contributed by atoms with Gasteiger partial charge in [-0.1, -0.05) is 37.3 Å². The first-order valence-corrected chi connectivity index (χ1v) is 11.7. The van der Waals surface area contributed by atoms with Crippen molar-refractivity contribution in [3.8, 4) is 0 Å². The molecule has 0 spiro atoms. The summed E-state index contributed by atoms with van der Waals surface area (Å²) in [6.07, 6.45) is 3.16. The van der Waals surface area contributed by atoms with Crippen LogP contribution in [0.5, 0.6) is 0 Å². The number of fused-ring (bicyclic) bond motifs is 1. The second kappa shape index (κ2) is 8.80. The van der Waals surface area contributed by atoms with Crippen LogP contribution in [0.25, 0.3) is 10.9 Å². The number of nitrogens with zero attached hydrogens (tertiary/aromatic N) is 2. The molecule has 2 fully saturated rings. The number of aromatic nitrogens is 1. The lowest BCUT2D eigenvalue weighted by molar-refractivity contribution is -0.145. The van der Waals surface area contributed by atoms with Gasteiger partial charge in [0.2, 0.25) is 5.91 Å². The molecule has 1 saturated heterocycles. The maximum Gasteiger partial charge on any atom is 0.417 e. The monoisotopic (exact) mass is 462 g/mol. The largest absolute Gasteiger partial charge is 0.446 e. The van der Waals surface area contributed by atoms with E-state index in [0.29, 0.717) is 25.7 Å². The summed E-state index contributed by atoms with van der Waals surface area (Å²) in [7, 11) is 0. The van der Waals surface area contributed by atoms with Crippen LogP contribution >= 0.6 is 0 Å². The first-order chi connectivity index (χ1) is 16.4. The highest BCUT2D eigenvalue weighted by Crippen LogP contribution is 2.44. The van der Waals surface area contributed by atoms with Crippen molar-refractivity contribution in [2.45, 2.75) is 50.2 Å². The molecule has 3 aromatic rings. The third-order valence-electron chi connectivity index (χ3n) is 7.50. The molecule has 1 aliphatic carbocycles. The van der Waals surface area contributed by atoms with Gasteiger partial charge in [0.05, 0.1) is 17.0 Å². The van der Waals surface area contributed by atoms with Gasteiger partial charge in [-0.3, -0.25) is 9.78 Å². The summed E-state index contributed by atoms with van der Waals surface area (Å²) >= 11 is 0. The molecule has 34 heavy (non-hydrogen) atoms. The smallest absolute Gasteiger partial charge is 0.417 e. The van der Waals surface area contributed by atoms with E-state index < -0.39 is 29.6 Å². The fourth-order valence-electron chi connectivity index (χ4n) is 5.38. The second-order valence-electron chi connectivity index (χ2n) is 9.37. The van der Waals surface area contributed by atoms with E-state index in [1.54, 1.807) is 19.2 Å². The predicted molar refractivity (Wildman–Crippen MR) is 124 cm³/mol. The molecule has 7 heteroatoms. The van der Waals surface area contributed by atoms with Crippen molar-refractivity contribution in [1.82, 2.24) is 9.88 Å². The molecule has 1 N–H and O–H groups in total. The lowest BCUT2D eigenvalue weighted by atomic mass is 9.70. The van der Waals surface area contributed by atoms with E-state index in [-0.39, 0.29) is 18.3 Å². The van der Waals surface area contributed by atoms with Crippen LogP contribution in [-0.2, 0) is 9.53 Å². The minimum Gasteiger partial charge on any atom is -0.446 e. The van der Waals surface area contributed by atoms with Gasteiger partial charge < -0.3 is 9.84 Å². The summed E-state index contributed by atoms with van der Waals surface area (Å²) in [5, 5.41) is 12.2. The number of carbonyl (C=O) groups excluding carboxylic acids is 2. The van der Waals surface area contributed by atoms with Crippen molar-refractivity contribution >= 4 is 22.9 Å². The van der Waals surface area contributed by atoms with E-state index in [9.17, 15) is 19.1 Å². The Kier molecular flexibility index (Phi) is 5.81. The highest BCUT2D eigenvalue weighted by Gasteiger charge is 2.48. The van der Waals surface area contributed by atoms with Gasteiger partial charge in [-0.2, -0.15) is 0 Å². The normalized spacial score (nSPS) is 25.9. The van der Waals surface area contributed by atoms with E-state index >= 15 is 0 Å². The molecule has 6 nitrogen and oxygen atoms in total. The number of cyclic esters (lactones) is 1. The predicted octanol–water partition coefficient (Wildman–Crippen LogP) is 5.12. The van der Waals surface area contributed by atoms with Crippen molar-refractivity contribution in [2.24, 2.45) is 5.92 Å². The fourth-order valence-corrected chi connectivity index (χ4v) is 5.38. The Labute approximate surface area is 197 Å². The van der Waals surface area contributed by atoms with E-state index in [2.05, 4.69) is 4.98 Å². The first kappa shape index (κ1) is 22.5. The zero-order valence-corrected chi connectivity index (χ0v) is 19.0. The van der Waals surface area contributed by atoms with Crippen molar-refractivity contribution in [3.63, 3.8) is 0 Å². The number of imide groups is 1. The molecule has 1 aromatic heterocycles. The summed E-state index contributed by atoms with van der Waals surface area (Å²) in [6, 6.07) is 15.3. The standard InChI is InChI=1S/C27H27FN2O4/c1-17(25(31)30-24(16-34-26(30)32)19-5-3-2-4-6-19)27(33)12-9-18(10-13-27)21-11-14-29-23-8-7-20(28)15-22(21)23/h2-8,11,14-15,17-18,24,33H,9-10,12-13,16H2,1H3/t17-,18-,24-,27-/m0/s1. The molecular formula is C27H27FN2O4. The van der Waals surface area contributed by atoms with E-state index in [4.69, 9.17) is 4.74 Å². The van der Waals surface area contributed by atoms with Gasteiger partial charge in [-0.25, -0.2) is 14.1 Å². The quantitative estimate of drug-likeness (QED) is 0.582. The molecule has 2 atom stereocenters. The maximum absolute atomic E-state index is 13.9. The molecule has 0 radical (unpaired) electrons. The zero-order chi connectivity index (χ0) is 23.9. The van der Waals surface area contributed by atoms with Crippen LogP contribution in [0.4, 0.5) is 9.18 Å². The molecule has 1 aliphatic heterocycles. The van der Waals surface area contributed by atoms with Gasteiger partial charge in [0.15, 0.2) is 0 Å². The number of hydrogen-bond donors (Lipinski definition) is 1. The molecular weight excluding hydrogens is 435 g/mol. The van der Waals surface area contributed by atoms with Crippen LogP contribution in [0.1, 0.15) is 55.7 Å². The van der Waals surface area contributed by atoms with Gasteiger partial charge in [0.1, 0.15) is 18.5 Å². The van der Waals surface area contributed by atoms with Crippen LogP contribution in [0.2, 0.25) is 0 Å². The van der Waals surface area contributed by atoms with Gasteiger partial charge >= 0.3 is 6.09 Å². The molecule has 2 heterocycles. The van der Waals surface area contributed by atoms with Crippen LogP contribution in [-0.4, -0.2) is 39.2 Å². The first-order valence-electron chi connectivity index (χ1n) is 11.7. The molecule has 5 rings (SSSR count). The Bertz CT molecular complexity index is 1220. The number of ether oxygens (including phenoxy) is 1. The molecule has 176 valence electrons. The zero-order valence-electron chi connectivity index (χ0n) is 19.0. The Morgan fingerprint density at radius 3 is 2.65 bits per heavy atom. The van der Waals surface area contributed by atoms with Crippen molar-refractivity contribution < 1.29 is 23.8 Å². The summed E-state index contributed by atoms with van der Waals surface area (Å²) < 4.78 is 19.1. The Morgan fingerprint density at radius 2 is 1.91 bits per heavy atom. The number of pyridine rings is 1. The highest BCUT2D eigenvalue weighted by molar-refractivity contribution is 5.95. The number of aliphatic hydroxyl groups is 1. The number of rotatable bonds is 4. The van der Waals surface area contributed by atoms with Gasteiger partial charge in [0.25, 0.3) is 0 Å². The number of benzene rings is 2. The minimum absolute atomic E-state index is 0.105. The average Bonchev–Trinajstić information content (AvgIpc) is 3.25. The van der Waals surface area contributed by atoms with E-state index in [1.807, 2.05) is 36.4 Å². The number of halogens is 1. The summed E-state index contributed by atoms with van der Waals surface area (Å²) in [4.78, 5) is 31.4. The average molecular weight is 463 g/mol. The topological polar surface area (TPSA) is 79.7 Å². The van der Waals surface area contributed by atoms with E-state index in [0.717, 1.165) is 26.9 Å². The number of amides is 2. The molecule has 2 aliphatic rings. The lowest BCUT2D eigenvalue weighted by Gasteiger charge is -2.41. The summed E-state index contributed by atoms with van der Waals surface area (Å²) in [6.45, 7) is 1.79. The van der Waals surface area contributed by atoms with Crippen molar-refractivity contribution in [1.29, 1.82) is 0 Å². The SMILES string of the molecule is C[C@@H](C(=O)N1C(=O)OC[C@H]1c1ccccc1)[C@]1(O)CC[C@H](c2ccnc3ccc(F)cc32)CC1. The van der Waals surface area contributed by atoms with Crippen molar-refractivity contribution in [2.75, 3.05) is 6.61 Å². The van der Waals surface area contributed by atoms with Gasteiger partial charge in [-0.05, 0) is 67.0 Å². The number of hydrogen-bond acceptors (Lipinski definition) is 5. The highest BCUT2D eigenvalue weighted by atomic mass is 19.1. The third kappa shape index (κ3) is 3.94. The van der Waals surface area contributed by atoms with Crippen LogP contribution in [0.3, 0.4) is 0 Å². The Balaban J connectivity index is 1.33. The van der Waals surface area contributed by atoms with Crippen LogP contribution in [0.15, 0.2) is 60.8 Å². The summed E-state index contributed by atoms with van der Waals surface area (Å²) in [5.41, 5.74) is 1.34. The lowest BCUT2D eigenvalue weighted by Crippen LogP contribution is -2.49. The molecule has 2 aromatic carbocycles. The van der Waals surface area contributed by atoms with Crippen LogP contribution in [0, 0.1) is 11.7 Å². The molecule has 0 bridgehead atoms. The van der Waals surface area contributed by atoms with Gasteiger partial charge in [-0.15, -0.1) is 0 Å². The third-order valence-corrected chi connectivity index (χ3v) is 7.50. The maximum atomic E-state index is 13.9. The minimum atomic E-state index is -1.23. The number of carbonyl (C=O) groups is 2. The Hall–Kier alpha value is -3.32. The summed E-state index contributed by atoms with van der Waals surface area (Å²) in [5.74, 6) is -1.37. The molecule has 2 amide bonds. The van der Waals surface area contributed by atoms with E-state index in [1.165, 1.54) is 12.1 Å². The molecule has 0 unspecified atom stereocenters. The van der Waals surface area contributed by atoms with Crippen LogP contribution < -0.4 is 0 Å².